The van der Waals surface area contributed by atoms with E-state index in [-0.39, 0.29) is 11.4 Å². The lowest BCUT2D eigenvalue weighted by Gasteiger charge is -2.24. The maximum absolute atomic E-state index is 12.4. The molecule has 0 radical (unpaired) electrons. The Morgan fingerprint density at radius 3 is 2.44 bits per heavy atom. The Kier molecular flexibility index (Phi) is 5.39. The van der Waals surface area contributed by atoms with Crippen molar-refractivity contribution in [2.45, 2.75) is 55.6 Å². The van der Waals surface area contributed by atoms with Crippen LogP contribution in [-0.4, -0.2) is 20.7 Å². The highest BCUT2D eigenvalue weighted by Crippen LogP contribution is 2.23. The highest BCUT2D eigenvalue weighted by Gasteiger charge is 2.26. The van der Waals surface area contributed by atoms with Gasteiger partial charge in [0.15, 0.2) is 0 Å². The maximum Gasteiger partial charge on any atom is 0.0683 e. The molecule has 0 spiro atoms. The van der Waals surface area contributed by atoms with Crippen molar-refractivity contribution in [2.75, 3.05) is 0 Å². The van der Waals surface area contributed by atoms with Crippen LogP contribution in [0.3, 0.4) is 0 Å². The molecule has 1 fully saturated rings. The molecular formula is C15H22O2S. The second-order valence-electron chi connectivity index (χ2n) is 5.11. The topological polar surface area (TPSA) is 37.3 Å². The lowest BCUT2D eigenvalue weighted by atomic mass is 9.98. The van der Waals surface area contributed by atoms with Crippen molar-refractivity contribution in [3.8, 4) is 0 Å². The minimum absolute atomic E-state index is 0.0366. The molecule has 2 rings (SSSR count). The normalized spacial score (nSPS) is 27.2. The summed E-state index contributed by atoms with van der Waals surface area (Å²) in [7, 11) is -0.956. The maximum atomic E-state index is 12.4. The van der Waals surface area contributed by atoms with Crippen LogP contribution in [0, 0.1) is 0 Å². The average Bonchev–Trinajstić information content (AvgIpc) is 2.35. The molecule has 0 aromatic heterocycles. The molecule has 0 heterocycles. The van der Waals surface area contributed by atoms with Crippen LogP contribution in [0.15, 0.2) is 30.3 Å². The second kappa shape index (κ2) is 7.05. The summed E-state index contributed by atoms with van der Waals surface area (Å²) in [6.45, 7) is 0. The van der Waals surface area contributed by atoms with Crippen molar-refractivity contribution in [2.24, 2.45) is 0 Å². The Balaban J connectivity index is 1.97. The first-order valence-corrected chi connectivity index (χ1v) is 8.25. The molecule has 1 saturated carbocycles. The molecule has 18 heavy (non-hydrogen) atoms. The fraction of sp³-hybridized carbons (Fsp3) is 0.600. The van der Waals surface area contributed by atoms with Gasteiger partial charge in [-0.2, -0.15) is 0 Å². The summed E-state index contributed by atoms with van der Waals surface area (Å²) in [4.78, 5) is 0. The van der Waals surface area contributed by atoms with Gasteiger partial charge in [0.25, 0.3) is 0 Å². The molecule has 3 heteroatoms. The third kappa shape index (κ3) is 3.92. The van der Waals surface area contributed by atoms with Crippen LogP contribution in [0.1, 0.15) is 44.1 Å². The monoisotopic (exact) mass is 266 g/mol. The van der Waals surface area contributed by atoms with Gasteiger partial charge in [0.1, 0.15) is 0 Å². The van der Waals surface area contributed by atoms with E-state index >= 15 is 0 Å². The van der Waals surface area contributed by atoms with Crippen LogP contribution in [0.4, 0.5) is 0 Å². The molecule has 3 atom stereocenters. The lowest BCUT2D eigenvalue weighted by Crippen LogP contribution is -2.32. The van der Waals surface area contributed by atoms with Gasteiger partial charge in [0.2, 0.25) is 0 Å². The molecule has 1 aliphatic rings. The third-order valence-corrected chi connectivity index (χ3v) is 5.50. The minimum atomic E-state index is -0.956. The van der Waals surface area contributed by atoms with Gasteiger partial charge in [-0.05, 0) is 18.4 Å². The molecule has 2 nitrogen and oxygen atoms in total. The SMILES string of the molecule is O=S(Cc1ccccc1)[C@@H]1CCCCCC[C@H]1O. The predicted octanol–water partition coefficient (Wildman–Crippen LogP) is 3.02. The van der Waals surface area contributed by atoms with Gasteiger partial charge in [0, 0.05) is 16.6 Å². The smallest absolute Gasteiger partial charge is 0.0683 e. The van der Waals surface area contributed by atoms with Crippen molar-refractivity contribution >= 4 is 10.8 Å². The first-order valence-electron chi connectivity index (χ1n) is 6.86. The molecule has 0 aliphatic heterocycles. The van der Waals surface area contributed by atoms with Crippen LogP contribution >= 0.6 is 0 Å². The largest absolute Gasteiger partial charge is 0.392 e. The number of aliphatic hydroxyl groups excluding tert-OH is 1. The molecule has 1 aromatic carbocycles. The fourth-order valence-electron chi connectivity index (χ4n) is 2.58. The van der Waals surface area contributed by atoms with Crippen LogP contribution < -0.4 is 0 Å². The molecule has 1 N–H and O–H groups in total. The summed E-state index contributed by atoms with van der Waals surface area (Å²) in [5, 5.41) is 10.1. The van der Waals surface area contributed by atoms with Gasteiger partial charge >= 0.3 is 0 Å². The first-order chi connectivity index (χ1) is 8.77. The Labute approximate surface area is 112 Å². The number of hydrogen-bond donors (Lipinski definition) is 1. The summed E-state index contributed by atoms with van der Waals surface area (Å²) in [6.07, 6.45) is 5.92. The van der Waals surface area contributed by atoms with Crippen LogP contribution in [0.2, 0.25) is 0 Å². The number of aliphatic hydroxyl groups is 1. The Hall–Kier alpha value is -0.670. The van der Waals surface area contributed by atoms with Gasteiger partial charge in [-0.1, -0.05) is 56.0 Å². The molecule has 0 amide bonds. The molecule has 100 valence electrons. The zero-order valence-electron chi connectivity index (χ0n) is 10.8. The van der Waals surface area contributed by atoms with E-state index in [4.69, 9.17) is 0 Å². The second-order valence-corrected chi connectivity index (χ2v) is 6.76. The van der Waals surface area contributed by atoms with Gasteiger partial charge in [-0.25, -0.2) is 0 Å². The van der Waals surface area contributed by atoms with Crippen molar-refractivity contribution < 1.29 is 9.32 Å². The van der Waals surface area contributed by atoms with Crippen LogP contribution in [0.5, 0.6) is 0 Å². The molecule has 1 unspecified atom stereocenters. The summed E-state index contributed by atoms with van der Waals surface area (Å²) in [6, 6.07) is 9.93. The summed E-state index contributed by atoms with van der Waals surface area (Å²) in [5.41, 5.74) is 1.10. The van der Waals surface area contributed by atoms with E-state index in [1.54, 1.807) is 0 Å². The van der Waals surface area contributed by atoms with E-state index in [1.165, 1.54) is 12.8 Å². The predicted molar refractivity (Wildman–Crippen MR) is 75.8 cm³/mol. The van der Waals surface area contributed by atoms with Crippen molar-refractivity contribution in [3.63, 3.8) is 0 Å². The molecular weight excluding hydrogens is 244 g/mol. The first kappa shape index (κ1) is 13.8. The lowest BCUT2D eigenvalue weighted by molar-refractivity contribution is 0.146. The fourth-order valence-corrected chi connectivity index (χ4v) is 4.23. The van der Waals surface area contributed by atoms with E-state index < -0.39 is 10.8 Å². The summed E-state index contributed by atoms with van der Waals surface area (Å²) >= 11 is 0. The summed E-state index contributed by atoms with van der Waals surface area (Å²) < 4.78 is 12.4. The van der Waals surface area contributed by atoms with Crippen molar-refractivity contribution in [1.82, 2.24) is 0 Å². The molecule has 0 saturated heterocycles. The van der Waals surface area contributed by atoms with E-state index in [0.717, 1.165) is 31.2 Å². The van der Waals surface area contributed by atoms with E-state index in [2.05, 4.69) is 0 Å². The van der Waals surface area contributed by atoms with Gasteiger partial charge in [-0.3, -0.25) is 4.21 Å². The van der Waals surface area contributed by atoms with Gasteiger partial charge < -0.3 is 5.11 Å². The van der Waals surface area contributed by atoms with E-state index in [0.29, 0.717) is 5.75 Å². The zero-order chi connectivity index (χ0) is 12.8. The van der Waals surface area contributed by atoms with Crippen molar-refractivity contribution in [1.29, 1.82) is 0 Å². The Morgan fingerprint density at radius 2 is 1.72 bits per heavy atom. The Bertz CT molecular complexity index is 377. The standard InChI is InChI=1S/C15H22O2S/c16-14-10-6-1-2-7-11-15(14)18(17)12-13-8-4-3-5-9-13/h3-5,8-9,14-16H,1-2,6-7,10-12H2/t14-,15-,18?/m1/s1. The number of benzene rings is 1. The highest BCUT2D eigenvalue weighted by atomic mass is 32.2. The van der Waals surface area contributed by atoms with Crippen LogP contribution in [0.25, 0.3) is 0 Å². The Morgan fingerprint density at radius 1 is 1.06 bits per heavy atom. The molecule has 1 aliphatic carbocycles. The summed E-state index contributed by atoms with van der Waals surface area (Å²) in [5.74, 6) is 0.572. The third-order valence-electron chi connectivity index (χ3n) is 3.66. The average molecular weight is 266 g/mol. The van der Waals surface area contributed by atoms with Gasteiger partial charge in [-0.15, -0.1) is 0 Å². The van der Waals surface area contributed by atoms with E-state index in [9.17, 15) is 9.32 Å². The number of rotatable bonds is 3. The highest BCUT2D eigenvalue weighted by molar-refractivity contribution is 7.84. The van der Waals surface area contributed by atoms with Crippen molar-refractivity contribution in [3.05, 3.63) is 35.9 Å². The van der Waals surface area contributed by atoms with E-state index in [1.807, 2.05) is 30.3 Å². The van der Waals surface area contributed by atoms with Gasteiger partial charge in [0.05, 0.1) is 11.4 Å². The quantitative estimate of drug-likeness (QED) is 0.913. The minimum Gasteiger partial charge on any atom is -0.392 e. The zero-order valence-corrected chi connectivity index (χ0v) is 11.6. The molecule has 0 bridgehead atoms. The number of hydrogen-bond acceptors (Lipinski definition) is 2. The molecule has 1 aromatic rings. The van der Waals surface area contributed by atoms with Crippen LogP contribution in [-0.2, 0) is 16.6 Å².